The lowest BCUT2D eigenvalue weighted by molar-refractivity contribution is -0.138. The van der Waals surface area contributed by atoms with Crippen molar-refractivity contribution < 1.29 is 92.8 Å². The first-order valence-electron chi connectivity index (χ1n) is 27.3. The summed E-state index contributed by atoms with van der Waals surface area (Å²) in [5.74, 6) is 2.60. The summed E-state index contributed by atoms with van der Waals surface area (Å²) in [4.78, 5) is 41.8. The van der Waals surface area contributed by atoms with Crippen LogP contribution in [0.3, 0.4) is 0 Å². The Hall–Kier alpha value is -4.35. The Kier molecular flexibility index (Phi) is 42.2. The summed E-state index contributed by atoms with van der Waals surface area (Å²) in [6, 6.07) is 6.55. The molecule has 1 aliphatic rings. The van der Waals surface area contributed by atoms with Gasteiger partial charge >= 0.3 is 6.18 Å². The number of anilines is 1. The first kappa shape index (κ1) is 76.7. The average molecular weight is 1280 g/mol. The van der Waals surface area contributed by atoms with Crippen LogP contribution >= 0.6 is 28.1 Å². The van der Waals surface area contributed by atoms with Crippen molar-refractivity contribution in [3.05, 3.63) is 76.5 Å². The predicted octanol–water partition coefficient (Wildman–Crippen LogP) is 9.14. The van der Waals surface area contributed by atoms with Gasteiger partial charge in [-0.25, -0.2) is 17.9 Å². The highest BCUT2D eigenvalue weighted by Gasteiger charge is 2.34. The van der Waals surface area contributed by atoms with Gasteiger partial charge in [0.2, 0.25) is 5.28 Å². The third kappa shape index (κ3) is 33.0. The summed E-state index contributed by atoms with van der Waals surface area (Å²) >= 11 is 6.42. The zero-order chi connectivity index (χ0) is 62.7. The lowest BCUT2D eigenvalue weighted by Gasteiger charge is -2.26. The number of hydrogen-bond acceptors (Lipinski definition) is 21. The number of hydrogen-bond donors (Lipinski definition) is 3. The molecule has 3 heterocycles. The first-order valence-corrected chi connectivity index (χ1v) is 31.1. The summed E-state index contributed by atoms with van der Waals surface area (Å²) in [6.45, 7) is 14.2. The van der Waals surface area contributed by atoms with E-state index in [0.29, 0.717) is 133 Å². The van der Waals surface area contributed by atoms with Gasteiger partial charge in [0, 0.05) is 53.1 Å². The van der Waals surface area contributed by atoms with Crippen molar-refractivity contribution in [3.8, 4) is 5.75 Å². The molecule has 3 atom stereocenters. The smallest absolute Gasteiger partial charge is 0.416 e. The van der Waals surface area contributed by atoms with E-state index in [9.17, 15) is 31.1 Å². The van der Waals surface area contributed by atoms with Crippen molar-refractivity contribution >= 4 is 63.2 Å². The van der Waals surface area contributed by atoms with Crippen LogP contribution in [0, 0.1) is 17.5 Å². The number of fused-ring (bicyclic) bond motifs is 1. The molecular formula is C54H83ClF6N8O14P2. The lowest BCUT2D eigenvalue weighted by atomic mass is 10.1. The van der Waals surface area contributed by atoms with Gasteiger partial charge in [0.25, 0.3) is 0 Å². The van der Waals surface area contributed by atoms with Crippen molar-refractivity contribution in [2.24, 2.45) is 15.9 Å². The maximum absolute atomic E-state index is 14.0. The zero-order valence-corrected chi connectivity index (χ0v) is 51.6. The predicted molar refractivity (Wildman–Crippen MR) is 313 cm³/mol. The number of methoxy groups -OCH3 is 1. The van der Waals surface area contributed by atoms with E-state index in [1.54, 1.807) is 29.0 Å². The van der Waals surface area contributed by atoms with E-state index in [1.807, 2.05) is 6.66 Å². The highest BCUT2D eigenvalue weighted by molar-refractivity contribution is 7.66. The second-order valence-electron chi connectivity index (χ2n) is 17.8. The molecule has 2 aromatic carbocycles. The highest BCUT2D eigenvalue weighted by atomic mass is 35.5. The Balaban J connectivity index is 0.000000936. The number of halogens is 7. The monoisotopic (exact) mass is 1280 g/mol. The van der Waals surface area contributed by atoms with Crippen LogP contribution in [0.2, 0.25) is 5.28 Å². The van der Waals surface area contributed by atoms with Crippen LogP contribution in [0.5, 0.6) is 5.75 Å². The fourth-order valence-electron chi connectivity index (χ4n) is 7.16. The molecule has 2 aromatic heterocycles. The van der Waals surface area contributed by atoms with E-state index < -0.39 is 51.5 Å². The molecule has 31 heteroatoms. The molecule has 0 bridgehead atoms. The number of nitrogens with zero attached hydrogens (tertiary/aromatic N) is 7. The number of aldehydes is 1. The Bertz CT molecular complexity index is 2440. The molecule has 0 spiro atoms. The van der Waals surface area contributed by atoms with Crippen LogP contribution < -0.4 is 15.5 Å². The van der Waals surface area contributed by atoms with Crippen LogP contribution in [0.25, 0.3) is 11.0 Å². The molecule has 0 aliphatic carbocycles. The van der Waals surface area contributed by atoms with Crippen LogP contribution in [0.4, 0.5) is 32.2 Å². The molecule has 5 rings (SSSR count). The van der Waals surface area contributed by atoms with E-state index >= 15 is 0 Å². The number of carbonyl (C=O) groups excluding carboxylic acids is 1. The molecule has 4 N–H and O–H groups in total. The molecule has 85 heavy (non-hydrogen) atoms. The standard InChI is InChI=1S/C41H60ClF3N8O10.C7H5F3O.C3H10O3P2.C3H8/c1-2-34-8-9-37(63-34)53-39-35(29-48-53)38(49-40(42)50-39)52(30-32-6-3-4-7-36(32)41(43,44)45)11-15-57-18-21-60-24-25-61-26-27-62-31-33(51-46)28-47-10-14-56-17-20-59-23-22-58-19-16-55-13-5-12-54;1-11-7-5(9)2-4(8)3-6(7)10;1-6-7(2)3-8(4)5;1-3-2/h3-4,6-7,12,28-29,34,37H,2,5,8-11,13-27,30-31,46H2,1H3;2-3H,1H3;4-5H,3H2,1-2H3;3H2,1-2H3/b47-28?,51-33+;;;. The second kappa shape index (κ2) is 46.8. The van der Waals surface area contributed by atoms with Gasteiger partial charge in [0.05, 0.1) is 149 Å². The van der Waals surface area contributed by atoms with Crippen LogP contribution in [-0.4, -0.2) is 199 Å². The number of rotatable bonds is 39. The third-order valence-electron chi connectivity index (χ3n) is 11.1. The number of aromatic nitrogens is 4. The van der Waals surface area contributed by atoms with Gasteiger partial charge in [-0.15, -0.1) is 0 Å². The molecule has 482 valence electrons. The maximum atomic E-state index is 14.0. The van der Waals surface area contributed by atoms with Crippen molar-refractivity contribution in [1.82, 2.24) is 19.7 Å². The summed E-state index contributed by atoms with van der Waals surface area (Å²) in [7, 11) is 0.354. The molecular weight excluding hydrogens is 1200 g/mol. The van der Waals surface area contributed by atoms with E-state index in [2.05, 4.69) is 50.7 Å². The number of carbonyl (C=O) groups is 1. The molecule has 22 nitrogen and oxygen atoms in total. The summed E-state index contributed by atoms with van der Waals surface area (Å²) in [5.41, 5.74) is 0.239. The average Bonchev–Trinajstić information content (AvgIpc) is 3.46. The van der Waals surface area contributed by atoms with E-state index in [-0.39, 0.29) is 62.7 Å². The molecule has 0 saturated carbocycles. The van der Waals surface area contributed by atoms with Gasteiger partial charge < -0.3 is 77.2 Å². The van der Waals surface area contributed by atoms with Gasteiger partial charge in [-0.3, -0.25) is 4.99 Å². The Labute approximate surface area is 500 Å². The lowest BCUT2D eigenvalue weighted by Crippen LogP contribution is -2.30. The largest absolute Gasteiger partial charge is 0.491 e. The Morgan fingerprint density at radius 2 is 1.39 bits per heavy atom. The van der Waals surface area contributed by atoms with Gasteiger partial charge in [0.15, 0.2) is 37.6 Å². The van der Waals surface area contributed by atoms with E-state index in [4.69, 9.17) is 74.4 Å². The molecule has 1 aliphatic heterocycles. The van der Waals surface area contributed by atoms with Crippen LogP contribution in [0.1, 0.15) is 70.2 Å². The van der Waals surface area contributed by atoms with E-state index in [1.165, 1.54) is 24.8 Å². The van der Waals surface area contributed by atoms with Crippen LogP contribution in [0.15, 0.2) is 52.7 Å². The number of aliphatic imine (C=N–C) groups is 1. The van der Waals surface area contributed by atoms with Gasteiger partial charge in [-0.2, -0.15) is 33.3 Å². The van der Waals surface area contributed by atoms with Gasteiger partial charge in [-0.1, -0.05) is 45.4 Å². The number of alkyl halides is 3. The minimum Gasteiger partial charge on any atom is -0.491 e. The topological polar surface area (TPSA) is 257 Å². The Morgan fingerprint density at radius 3 is 1.89 bits per heavy atom. The number of hydrazone groups is 1. The fraction of sp³-hybridized carbons (Fsp3) is 0.630. The highest BCUT2D eigenvalue weighted by Crippen LogP contribution is 2.43. The normalized spacial score (nSPS) is 14.7. The Morgan fingerprint density at radius 1 is 0.835 bits per heavy atom. The van der Waals surface area contributed by atoms with Gasteiger partial charge in [0.1, 0.15) is 23.6 Å². The summed E-state index contributed by atoms with van der Waals surface area (Å²) < 4.78 is 140. The fourth-order valence-corrected chi connectivity index (χ4v) is 9.21. The quantitative estimate of drug-likeness (QED) is 0.00550. The molecule has 1 saturated heterocycles. The van der Waals surface area contributed by atoms with Gasteiger partial charge in [-0.05, 0) is 49.2 Å². The summed E-state index contributed by atoms with van der Waals surface area (Å²) in [6.07, 6.45) is 3.29. The minimum atomic E-state index is -4.55. The molecule has 0 amide bonds. The second-order valence-corrected chi connectivity index (χ2v) is 21.6. The summed E-state index contributed by atoms with van der Waals surface area (Å²) in [5, 5.41) is 8.69. The molecule has 3 unspecified atom stereocenters. The minimum absolute atomic E-state index is 0.0655. The third-order valence-corrected chi connectivity index (χ3v) is 14.5. The van der Waals surface area contributed by atoms with Crippen molar-refractivity contribution in [3.63, 3.8) is 0 Å². The zero-order valence-electron chi connectivity index (χ0n) is 49.1. The molecule has 1 fully saturated rings. The number of nitrogens with two attached hydrogens (primary N) is 1. The van der Waals surface area contributed by atoms with Crippen molar-refractivity contribution in [2.45, 2.75) is 77.9 Å². The SMILES string of the molecule is CCC.CCC1CCC(n2ncc3c(N(CCOCCOCCOCCOC/C(C=NCCOCCOCCOCCOCCC=O)=N/N)Cc4ccccc4C(F)(F)F)nc(Cl)nc32)O1.COP(C)CP(O)O.COc1c(F)cc(F)cc1F. The maximum Gasteiger partial charge on any atom is 0.416 e. The van der Waals surface area contributed by atoms with Crippen molar-refractivity contribution in [2.75, 3.05) is 150 Å². The van der Waals surface area contributed by atoms with E-state index in [0.717, 1.165) is 38.7 Å². The first-order chi connectivity index (χ1) is 41.0. The number of ether oxygens (including phenoxy) is 10. The number of benzene rings is 2. The molecule has 4 aromatic rings. The van der Waals surface area contributed by atoms with Crippen molar-refractivity contribution in [1.29, 1.82) is 0 Å². The molecule has 0 radical (unpaired) electrons. The van der Waals surface area contributed by atoms with Crippen LogP contribution in [-0.2, 0) is 64.7 Å².